The van der Waals surface area contributed by atoms with Gasteiger partial charge in [-0.25, -0.2) is 5.43 Å². The number of methoxy groups -OCH3 is 1. The number of hydrogen-bond donors (Lipinski definition) is 2. The first-order chi connectivity index (χ1) is 12.8. The standard InChI is InChI=1S/C16H13Cl2N3O6/c1-26-14-5-9(4-12(16(14)23)21(24)25)7-19-20-15(22)8-27-13-6-10(17)2-3-11(13)18/h2-7,23H,8H2,1H3,(H,20,22)/b19-7+. The third-order valence-electron chi connectivity index (χ3n) is 3.15. The van der Waals surface area contributed by atoms with Gasteiger partial charge in [-0.15, -0.1) is 0 Å². The summed E-state index contributed by atoms with van der Waals surface area (Å²) < 4.78 is 10.1. The largest absolute Gasteiger partial charge is 0.500 e. The zero-order chi connectivity index (χ0) is 20.0. The minimum Gasteiger partial charge on any atom is -0.500 e. The minimum atomic E-state index is -0.768. The number of rotatable bonds is 7. The number of aromatic hydroxyl groups is 1. The molecule has 2 rings (SSSR count). The number of carbonyl (C=O) groups is 1. The van der Waals surface area contributed by atoms with Gasteiger partial charge in [0.15, 0.2) is 12.4 Å². The van der Waals surface area contributed by atoms with E-state index in [4.69, 9.17) is 32.7 Å². The second-order valence-corrected chi connectivity index (χ2v) is 5.85. The topological polar surface area (TPSA) is 123 Å². The fraction of sp³-hybridized carbons (Fsp3) is 0.125. The first-order valence-corrected chi connectivity index (χ1v) is 8.02. The van der Waals surface area contributed by atoms with Crippen LogP contribution in [0.1, 0.15) is 5.56 Å². The molecule has 0 radical (unpaired) electrons. The number of nitrogens with one attached hydrogen (secondary N) is 1. The third-order valence-corrected chi connectivity index (χ3v) is 3.70. The number of ether oxygens (including phenoxy) is 2. The molecule has 0 aromatic heterocycles. The van der Waals surface area contributed by atoms with Crippen molar-refractivity contribution in [2.75, 3.05) is 13.7 Å². The van der Waals surface area contributed by atoms with Crippen LogP contribution in [0, 0.1) is 10.1 Å². The van der Waals surface area contributed by atoms with Crippen LogP contribution >= 0.6 is 23.2 Å². The zero-order valence-corrected chi connectivity index (χ0v) is 15.3. The number of halogens is 2. The molecule has 0 atom stereocenters. The Labute approximate surface area is 163 Å². The number of hydrogen-bond acceptors (Lipinski definition) is 7. The van der Waals surface area contributed by atoms with Crippen LogP contribution in [0.4, 0.5) is 5.69 Å². The number of nitro groups is 1. The van der Waals surface area contributed by atoms with Gasteiger partial charge in [-0.3, -0.25) is 14.9 Å². The van der Waals surface area contributed by atoms with Crippen LogP contribution in [0.5, 0.6) is 17.2 Å². The van der Waals surface area contributed by atoms with Gasteiger partial charge in [0, 0.05) is 22.7 Å². The lowest BCUT2D eigenvalue weighted by atomic mass is 10.2. The van der Waals surface area contributed by atoms with Crippen molar-refractivity contribution in [2.45, 2.75) is 0 Å². The molecule has 1 amide bonds. The van der Waals surface area contributed by atoms with Crippen LogP contribution < -0.4 is 14.9 Å². The molecule has 2 aromatic carbocycles. The molecular formula is C16H13Cl2N3O6. The van der Waals surface area contributed by atoms with E-state index in [1.807, 2.05) is 0 Å². The summed E-state index contributed by atoms with van der Waals surface area (Å²) in [6.45, 7) is -0.379. The van der Waals surface area contributed by atoms with E-state index >= 15 is 0 Å². The van der Waals surface area contributed by atoms with Gasteiger partial charge in [0.1, 0.15) is 5.75 Å². The average Bonchev–Trinajstić information content (AvgIpc) is 2.63. The summed E-state index contributed by atoms with van der Waals surface area (Å²) in [6.07, 6.45) is 1.15. The summed E-state index contributed by atoms with van der Waals surface area (Å²) in [5.74, 6) is -1.06. The molecule has 2 aromatic rings. The predicted octanol–water partition coefficient (Wildman–Crippen LogP) is 3.14. The fourth-order valence-corrected chi connectivity index (χ4v) is 2.26. The van der Waals surface area contributed by atoms with Crippen LogP contribution in [-0.4, -0.2) is 35.9 Å². The number of nitro benzene ring substituents is 1. The second-order valence-electron chi connectivity index (χ2n) is 5.00. The molecule has 11 heteroatoms. The highest BCUT2D eigenvalue weighted by molar-refractivity contribution is 6.34. The Bertz CT molecular complexity index is 904. The fourth-order valence-electron chi connectivity index (χ4n) is 1.93. The number of phenolic OH excluding ortho intramolecular Hbond substituents is 1. The van der Waals surface area contributed by atoms with Crippen LogP contribution in [0.2, 0.25) is 10.0 Å². The molecule has 0 fully saturated rings. The van der Waals surface area contributed by atoms with Gasteiger partial charge in [-0.2, -0.15) is 5.10 Å². The molecule has 0 aliphatic heterocycles. The Hall–Kier alpha value is -3.04. The van der Waals surface area contributed by atoms with E-state index < -0.39 is 22.3 Å². The SMILES string of the molecule is COc1cc(/C=N/NC(=O)COc2cc(Cl)ccc2Cl)cc([N+](=O)[O-])c1O. The molecule has 0 saturated carbocycles. The molecular weight excluding hydrogens is 401 g/mol. The summed E-state index contributed by atoms with van der Waals surface area (Å²) in [6, 6.07) is 6.96. The quantitative estimate of drug-likeness (QED) is 0.408. The molecule has 27 heavy (non-hydrogen) atoms. The number of carbonyl (C=O) groups excluding carboxylic acids is 1. The Morgan fingerprint density at radius 3 is 2.74 bits per heavy atom. The monoisotopic (exact) mass is 413 g/mol. The molecule has 142 valence electrons. The van der Waals surface area contributed by atoms with E-state index in [2.05, 4.69) is 10.5 Å². The molecule has 2 N–H and O–H groups in total. The Kier molecular flexibility index (Phi) is 6.80. The number of hydrazone groups is 1. The highest BCUT2D eigenvalue weighted by Gasteiger charge is 2.19. The Morgan fingerprint density at radius 2 is 2.07 bits per heavy atom. The third kappa shape index (κ3) is 5.47. The second kappa shape index (κ2) is 9.06. The number of amides is 1. The number of phenols is 1. The van der Waals surface area contributed by atoms with Crippen LogP contribution in [0.25, 0.3) is 0 Å². The number of benzene rings is 2. The van der Waals surface area contributed by atoms with E-state index in [9.17, 15) is 20.0 Å². The molecule has 0 spiro atoms. The van der Waals surface area contributed by atoms with E-state index in [1.54, 1.807) is 6.07 Å². The van der Waals surface area contributed by atoms with Crippen molar-refractivity contribution in [2.24, 2.45) is 5.10 Å². The summed E-state index contributed by atoms with van der Waals surface area (Å²) >= 11 is 11.7. The molecule has 0 aliphatic carbocycles. The predicted molar refractivity (Wildman–Crippen MR) is 99.0 cm³/mol. The molecule has 0 aliphatic rings. The van der Waals surface area contributed by atoms with Crippen molar-refractivity contribution in [3.8, 4) is 17.2 Å². The minimum absolute atomic E-state index is 0.101. The highest BCUT2D eigenvalue weighted by Crippen LogP contribution is 2.36. The van der Waals surface area contributed by atoms with Gasteiger partial charge in [0.05, 0.1) is 23.3 Å². The lowest BCUT2D eigenvalue weighted by molar-refractivity contribution is -0.386. The Morgan fingerprint density at radius 1 is 1.33 bits per heavy atom. The van der Waals surface area contributed by atoms with Crippen molar-refractivity contribution in [3.63, 3.8) is 0 Å². The van der Waals surface area contributed by atoms with Gasteiger partial charge in [0.25, 0.3) is 5.91 Å². The van der Waals surface area contributed by atoms with Crippen LogP contribution in [-0.2, 0) is 4.79 Å². The Balaban J connectivity index is 2.00. The summed E-state index contributed by atoms with van der Waals surface area (Å²) in [7, 11) is 1.25. The normalized spacial score (nSPS) is 10.6. The van der Waals surface area contributed by atoms with Gasteiger partial charge in [-0.1, -0.05) is 23.2 Å². The maximum Gasteiger partial charge on any atom is 0.315 e. The first kappa shape index (κ1) is 20.3. The first-order valence-electron chi connectivity index (χ1n) is 7.27. The van der Waals surface area contributed by atoms with Gasteiger partial charge in [-0.05, 0) is 18.2 Å². The van der Waals surface area contributed by atoms with Crippen molar-refractivity contribution in [1.29, 1.82) is 0 Å². The van der Waals surface area contributed by atoms with Gasteiger partial charge < -0.3 is 14.6 Å². The smallest absolute Gasteiger partial charge is 0.315 e. The van der Waals surface area contributed by atoms with Gasteiger partial charge in [0.2, 0.25) is 5.75 Å². The lowest BCUT2D eigenvalue weighted by Gasteiger charge is -2.07. The average molecular weight is 414 g/mol. The van der Waals surface area contributed by atoms with E-state index in [0.717, 1.165) is 12.3 Å². The zero-order valence-electron chi connectivity index (χ0n) is 13.8. The van der Waals surface area contributed by atoms with E-state index in [0.29, 0.717) is 10.0 Å². The maximum absolute atomic E-state index is 11.8. The van der Waals surface area contributed by atoms with Crippen molar-refractivity contribution in [3.05, 3.63) is 56.1 Å². The summed E-state index contributed by atoms with van der Waals surface area (Å²) in [5.41, 5.74) is 1.87. The maximum atomic E-state index is 11.8. The molecule has 0 saturated heterocycles. The molecule has 0 unspecified atom stereocenters. The van der Waals surface area contributed by atoms with E-state index in [1.165, 1.54) is 25.3 Å². The molecule has 0 bridgehead atoms. The van der Waals surface area contributed by atoms with Crippen molar-refractivity contribution >= 4 is 41.0 Å². The number of nitrogens with zero attached hydrogens (tertiary/aromatic N) is 2. The van der Waals surface area contributed by atoms with Gasteiger partial charge >= 0.3 is 5.69 Å². The lowest BCUT2D eigenvalue weighted by Crippen LogP contribution is -2.24. The van der Waals surface area contributed by atoms with Crippen molar-refractivity contribution < 1.29 is 24.3 Å². The van der Waals surface area contributed by atoms with Crippen LogP contribution in [0.15, 0.2) is 35.4 Å². The van der Waals surface area contributed by atoms with Crippen LogP contribution in [0.3, 0.4) is 0 Å². The van der Waals surface area contributed by atoms with E-state index in [-0.39, 0.29) is 23.7 Å². The highest BCUT2D eigenvalue weighted by atomic mass is 35.5. The molecule has 9 nitrogen and oxygen atoms in total. The molecule has 0 heterocycles. The summed E-state index contributed by atoms with van der Waals surface area (Å²) in [4.78, 5) is 21.9. The van der Waals surface area contributed by atoms with Crippen molar-refractivity contribution in [1.82, 2.24) is 5.43 Å². The summed E-state index contributed by atoms with van der Waals surface area (Å²) in [5, 5.41) is 25.0.